The van der Waals surface area contributed by atoms with Crippen molar-refractivity contribution in [2.45, 2.75) is 32.0 Å². The van der Waals surface area contributed by atoms with Crippen LogP contribution < -0.4 is 5.32 Å². The lowest BCUT2D eigenvalue weighted by Crippen LogP contribution is -2.19. The van der Waals surface area contributed by atoms with Crippen molar-refractivity contribution in [2.24, 2.45) is 0 Å². The maximum atomic E-state index is 12.3. The second kappa shape index (κ2) is 2.44. The highest BCUT2D eigenvalue weighted by atomic mass is 19.1. The molecule has 0 saturated carbocycles. The van der Waals surface area contributed by atoms with Gasteiger partial charge in [-0.3, -0.25) is 0 Å². The van der Waals surface area contributed by atoms with Crippen LogP contribution in [0, 0.1) is 0 Å². The molecular weight excluding hydrogens is 105 g/mol. The molecule has 0 radical (unpaired) electrons. The molecule has 0 amide bonds. The summed E-state index contributed by atoms with van der Waals surface area (Å²) >= 11 is 0. The zero-order chi connectivity index (χ0) is 5.98. The van der Waals surface area contributed by atoms with E-state index in [0.717, 1.165) is 12.8 Å². The van der Waals surface area contributed by atoms with E-state index in [1.165, 1.54) is 0 Å². The Hall–Kier alpha value is -0.110. The summed E-state index contributed by atoms with van der Waals surface area (Å²) in [4.78, 5) is 0. The van der Waals surface area contributed by atoms with E-state index in [0.29, 0.717) is 12.6 Å². The van der Waals surface area contributed by atoms with Crippen molar-refractivity contribution >= 4 is 0 Å². The molecule has 2 heteroatoms. The Kier molecular flexibility index (Phi) is 1.84. The molecule has 0 unspecified atom stereocenters. The summed E-state index contributed by atoms with van der Waals surface area (Å²) in [7, 11) is 0. The standard InChI is InChI=1S/C6H12FN.H2/c1-2-6-3-5(7)4-8-6;/h5-6,8H,2-4H2,1H3;1H/t5-,6-;/m0./s1. The van der Waals surface area contributed by atoms with Gasteiger partial charge in [-0.2, -0.15) is 0 Å². The molecule has 1 heterocycles. The van der Waals surface area contributed by atoms with Crippen molar-refractivity contribution in [3.8, 4) is 0 Å². The normalized spacial score (nSPS) is 38.2. The van der Waals surface area contributed by atoms with Crippen LogP contribution in [0.15, 0.2) is 0 Å². The zero-order valence-electron chi connectivity index (χ0n) is 5.15. The molecule has 1 rings (SSSR count). The van der Waals surface area contributed by atoms with Gasteiger partial charge in [-0.1, -0.05) is 6.92 Å². The van der Waals surface area contributed by atoms with Gasteiger partial charge < -0.3 is 5.32 Å². The van der Waals surface area contributed by atoms with Gasteiger partial charge in [0, 0.05) is 14.0 Å². The first-order chi connectivity index (χ1) is 3.83. The fourth-order valence-electron chi connectivity index (χ4n) is 1.08. The minimum Gasteiger partial charge on any atom is -0.311 e. The summed E-state index contributed by atoms with van der Waals surface area (Å²) < 4.78 is 12.3. The minimum atomic E-state index is -0.583. The van der Waals surface area contributed by atoms with Gasteiger partial charge in [0.05, 0.1) is 0 Å². The molecule has 0 bridgehead atoms. The Bertz CT molecular complexity index is 79.5. The predicted molar refractivity (Wildman–Crippen MR) is 33.7 cm³/mol. The summed E-state index contributed by atoms with van der Waals surface area (Å²) in [6, 6.07) is 0.449. The highest BCUT2D eigenvalue weighted by molar-refractivity contribution is 4.79. The molecule has 1 fully saturated rings. The van der Waals surface area contributed by atoms with Gasteiger partial charge in [0.15, 0.2) is 0 Å². The number of nitrogens with one attached hydrogen (secondary N) is 1. The molecule has 2 atom stereocenters. The minimum absolute atomic E-state index is 0. The number of alkyl halides is 1. The van der Waals surface area contributed by atoms with Gasteiger partial charge in [0.1, 0.15) is 6.17 Å². The van der Waals surface area contributed by atoms with Crippen LogP contribution in [0.3, 0.4) is 0 Å². The molecule has 8 heavy (non-hydrogen) atoms. The largest absolute Gasteiger partial charge is 0.311 e. The van der Waals surface area contributed by atoms with Crippen LogP contribution >= 0.6 is 0 Å². The van der Waals surface area contributed by atoms with Gasteiger partial charge in [0.25, 0.3) is 0 Å². The molecule has 0 aromatic rings. The highest BCUT2D eigenvalue weighted by Gasteiger charge is 2.20. The lowest BCUT2D eigenvalue weighted by atomic mass is 10.2. The second-order valence-corrected chi connectivity index (χ2v) is 2.35. The predicted octanol–water partition coefficient (Wildman–Crippen LogP) is 1.34. The molecule has 1 N–H and O–H groups in total. The van der Waals surface area contributed by atoms with Crippen LogP contribution in [0.25, 0.3) is 0 Å². The lowest BCUT2D eigenvalue weighted by molar-refractivity contribution is 0.354. The van der Waals surface area contributed by atoms with Gasteiger partial charge in [-0.15, -0.1) is 0 Å². The Morgan fingerprint density at radius 1 is 1.88 bits per heavy atom. The van der Waals surface area contributed by atoms with E-state index in [-0.39, 0.29) is 1.43 Å². The SMILES string of the molecule is CC[C@H]1C[C@H](F)CN1.[HH]. The van der Waals surface area contributed by atoms with Crippen LogP contribution in [-0.4, -0.2) is 18.8 Å². The Balaban J connectivity index is 0.000000640. The molecule has 0 aromatic heterocycles. The van der Waals surface area contributed by atoms with E-state index in [1.807, 2.05) is 0 Å². The summed E-state index contributed by atoms with van der Waals surface area (Å²) in [5.74, 6) is 0. The number of rotatable bonds is 1. The van der Waals surface area contributed by atoms with Gasteiger partial charge in [-0.25, -0.2) is 4.39 Å². The van der Waals surface area contributed by atoms with Gasteiger partial charge in [-0.05, 0) is 12.8 Å². The quantitative estimate of drug-likeness (QED) is 0.549. The molecular formula is C6H14FN. The average Bonchev–Trinajstić information content (AvgIpc) is 2.14. The first-order valence-electron chi connectivity index (χ1n) is 3.20. The van der Waals surface area contributed by atoms with Crippen molar-refractivity contribution in [2.75, 3.05) is 6.54 Å². The third-order valence-electron chi connectivity index (χ3n) is 1.66. The summed E-state index contributed by atoms with van der Waals surface area (Å²) in [5.41, 5.74) is 0. The molecule has 1 aliphatic rings. The van der Waals surface area contributed by atoms with E-state index < -0.39 is 6.17 Å². The van der Waals surface area contributed by atoms with Crippen molar-refractivity contribution in [1.29, 1.82) is 0 Å². The third-order valence-corrected chi connectivity index (χ3v) is 1.66. The molecule has 0 aromatic carbocycles. The molecule has 0 spiro atoms. The average molecular weight is 119 g/mol. The lowest BCUT2D eigenvalue weighted by Gasteiger charge is -2.02. The maximum Gasteiger partial charge on any atom is 0.114 e. The van der Waals surface area contributed by atoms with Crippen molar-refractivity contribution < 1.29 is 5.82 Å². The Labute approximate surface area is 50.8 Å². The van der Waals surface area contributed by atoms with Crippen LogP contribution in [0.4, 0.5) is 4.39 Å². The van der Waals surface area contributed by atoms with Crippen LogP contribution in [-0.2, 0) is 0 Å². The van der Waals surface area contributed by atoms with Gasteiger partial charge >= 0.3 is 0 Å². The Morgan fingerprint density at radius 2 is 2.62 bits per heavy atom. The summed E-state index contributed by atoms with van der Waals surface area (Å²) in [5, 5.41) is 3.08. The van der Waals surface area contributed by atoms with Crippen molar-refractivity contribution in [3.05, 3.63) is 0 Å². The number of hydrogen-bond acceptors (Lipinski definition) is 1. The van der Waals surface area contributed by atoms with E-state index in [4.69, 9.17) is 0 Å². The van der Waals surface area contributed by atoms with Crippen LogP contribution in [0.2, 0.25) is 0 Å². The van der Waals surface area contributed by atoms with E-state index in [1.54, 1.807) is 0 Å². The molecule has 1 nitrogen and oxygen atoms in total. The van der Waals surface area contributed by atoms with Crippen LogP contribution in [0.5, 0.6) is 0 Å². The van der Waals surface area contributed by atoms with Gasteiger partial charge in [0.2, 0.25) is 0 Å². The fraction of sp³-hybridized carbons (Fsp3) is 1.00. The third kappa shape index (κ3) is 1.19. The van der Waals surface area contributed by atoms with Crippen LogP contribution in [0.1, 0.15) is 21.2 Å². The molecule has 50 valence electrons. The number of halogens is 1. The monoisotopic (exact) mass is 119 g/mol. The first-order valence-corrected chi connectivity index (χ1v) is 3.20. The number of hydrogen-bond donors (Lipinski definition) is 1. The molecule has 1 saturated heterocycles. The fourth-order valence-corrected chi connectivity index (χ4v) is 1.08. The Morgan fingerprint density at radius 3 is 2.88 bits per heavy atom. The van der Waals surface area contributed by atoms with Crippen molar-refractivity contribution in [3.63, 3.8) is 0 Å². The summed E-state index contributed by atoms with van der Waals surface area (Å²) in [6.07, 6.45) is 1.19. The van der Waals surface area contributed by atoms with E-state index in [2.05, 4.69) is 12.2 Å². The molecule has 1 aliphatic heterocycles. The first kappa shape index (κ1) is 6.02. The van der Waals surface area contributed by atoms with Crippen molar-refractivity contribution in [1.82, 2.24) is 5.32 Å². The summed E-state index contributed by atoms with van der Waals surface area (Å²) in [6.45, 7) is 2.65. The zero-order valence-corrected chi connectivity index (χ0v) is 5.15. The van der Waals surface area contributed by atoms with E-state index in [9.17, 15) is 4.39 Å². The topological polar surface area (TPSA) is 12.0 Å². The van der Waals surface area contributed by atoms with E-state index >= 15 is 0 Å². The second-order valence-electron chi connectivity index (χ2n) is 2.35. The highest BCUT2D eigenvalue weighted by Crippen LogP contribution is 2.11. The molecule has 0 aliphatic carbocycles. The maximum absolute atomic E-state index is 12.3. The smallest absolute Gasteiger partial charge is 0.114 e.